The number of halogens is 1. The van der Waals surface area contributed by atoms with E-state index >= 15 is 0 Å². The Morgan fingerprint density at radius 3 is 2.57 bits per heavy atom. The minimum absolute atomic E-state index is 0.0863. The monoisotopic (exact) mass is 391 g/mol. The third-order valence-electron chi connectivity index (χ3n) is 4.30. The van der Waals surface area contributed by atoms with Gasteiger partial charge >= 0.3 is 0 Å². The summed E-state index contributed by atoms with van der Waals surface area (Å²) in [7, 11) is 0. The summed E-state index contributed by atoms with van der Waals surface area (Å²) in [6, 6.07) is 14.9. The second-order valence-corrected chi connectivity index (χ2v) is 6.62. The highest BCUT2D eigenvalue weighted by atomic mass is 35.5. The van der Waals surface area contributed by atoms with Gasteiger partial charge in [0.2, 0.25) is 0 Å². The van der Waals surface area contributed by atoms with Crippen molar-refractivity contribution >= 4 is 34.7 Å². The van der Waals surface area contributed by atoms with Gasteiger partial charge in [0.15, 0.2) is 5.65 Å². The lowest BCUT2D eigenvalue weighted by atomic mass is 10.1. The Kier molecular flexibility index (Phi) is 4.95. The van der Waals surface area contributed by atoms with Crippen LogP contribution in [-0.2, 0) is 0 Å². The highest BCUT2D eigenvalue weighted by molar-refractivity contribution is 6.30. The van der Waals surface area contributed by atoms with Crippen LogP contribution in [0.25, 0.3) is 16.9 Å². The Morgan fingerprint density at radius 1 is 1.11 bits per heavy atom. The predicted molar refractivity (Wildman–Crippen MR) is 111 cm³/mol. The quantitative estimate of drug-likeness (QED) is 0.523. The minimum atomic E-state index is -0.0863. The maximum atomic E-state index is 12.0. The molecule has 0 atom stereocenters. The highest BCUT2D eigenvalue weighted by Crippen LogP contribution is 2.31. The molecule has 0 aliphatic heterocycles. The van der Waals surface area contributed by atoms with E-state index in [1.807, 2.05) is 53.9 Å². The molecule has 2 N–H and O–H groups in total. The van der Waals surface area contributed by atoms with Crippen molar-refractivity contribution in [3.8, 4) is 11.3 Å². The molecule has 4 aromatic rings. The summed E-state index contributed by atoms with van der Waals surface area (Å²) in [6.07, 6.45) is 5.28. The molecule has 0 spiro atoms. The molecule has 0 bridgehead atoms. The number of fused-ring (bicyclic) bond motifs is 1. The van der Waals surface area contributed by atoms with Gasteiger partial charge in [-0.25, -0.2) is 4.98 Å². The van der Waals surface area contributed by atoms with Crippen LogP contribution in [0, 0.1) is 0 Å². The number of rotatable bonds is 5. The molecule has 0 saturated heterocycles. The lowest BCUT2D eigenvalue weighted by Crippen LogP contribution is -2.22. The van der Waals surface area contributed by atoms with Crippen LogP contribution in [0.2, 0.25) is 5.02 Å². The number of carbonyl (C=O) groups excluding carboxylic acids is 1. The maximum absolute atomic E-state index is 12.0. The van der Waals surface area contributed by atoms with Crippen LogP contribution in [0.4, 0.5) is 11.5 Å². The van der Waals surface area contributed by atoms with Crippen molar-refractivity contribution in [2.75, 3.05) is 11.9 Å². The fraction of sp³-hybridized carbons (Fsp3) is 0.0952. The first-order valence-corrected chi connectivity index (χ1v) is 9.27. The van der Waals surface area contributed by atoms with Crippen LogP contribution in [0.5, 0.6) is 0 Å². The van der Waals surface area contributed by atoms with Gasteiger partial charge < -0.3 is 10.6 Å². The molecule has 0 aliphatic carbocycles. The Bertz CT molecular complexity index is 1120. The molecule has 0 unspecified atom stereocenters. The van der Waals surface area contributed by atoms with Gasteiger partial charge in [0.05, 0.1) is 6.20 Å². The fourth-order valence-electron chi connectivity index (χ4n) is 2.94. The van der Waals surface area contributed by atoms with E-state index in [1.165, 1.54) is 0 Å². The standard InChI is InChI=1S/C21H18ClN5O/c1-2-24-21(28)15-5-9-17(10-6-15)25-20-19(14-3-7-16(22)8-4-14)26-18-13-23-11-12-27(18)20/h3-13,25H,2H2,1H3,(H,24,28). The summed E-state index contributed by atoms with van der Waals surface area (Å²) in [6.45, 7) is 2.49. The van der Waals surface area contributed by atoms with Crippen molar-refractivity contribution in [1.82, 2.24) is 19.7 Å². The molecule has 2 aromatic heterocycles. The molecule has 140 valence electrons. The normalized spacial score (nSPS) is 10.8. The van der Waals surface area contributed by atoms with Crippen molar-refractivity contribution in [2.45, 2.75) is 6.92 Å². The van der Waals surface area contributed by atoms with Crippen LogP contribution >= 0.6 is 11.6 Å². The number of aromatic nitrogens is 3. The number of benzene rings is 2. The number of carbonyl (C=O) groups is 1. The van der Waals surface area contributed by atoms with Crippen LogP contribution in [0.1, 0.15) is 17.3 Å². The molecule has 2 aromatic carbocycles. The van der Waals surface area contributed by atoms with E-state index in [9.17, 15) is 4.79 Å². The van der Waals surface area contributed by atoms with E-state index in [0.29, 0.717) is 17.1 Å². The summed E-state index contributed by atoms with van der Waals surface area (Å²) in [4.78, 5) is 20.8. The van der Waals surface area contributed by atoms with Gasteiger partial charge in [0, 0.05) is 40.8 Å². The molecule has 6 nitrogen and oxygen atoms in total. The van der Waals surface area contributed by atoms with Crippen molar-refractivity contribution in [2.24, 2.45) is 0 Å². The second-order valence-electron chi connectivity index (χ2n) is 6.18. The molecule has 0 fully saturated rings. The first kappa shape index (κ1) is 18.0. The molecule has 28 heavy (non-hydrogen) atoms. The molecular formula is C21H18ClN5O. The molecule has 0 radical (unpaired) electrons. The third-order valence-corrected chi connectivity index (χ3v) is 4.55. The number of anilines is 2. The van der Waals surface area contributed by atoms with Crippen molar-refractivity contribution in [1.29, 1.82) is 0 Å². The first-order valence-electron chi connectivity index (χ1n) is 8.89. The lowest BCUT2D eigenvalue weighted by Gasteiger charge is -2.10. The average Bonchev–Trinajstić information content (AvgIpc) is 3.08. The number of imidazole rings is 1. The Labute approximate surface area is 167 Å². The smallest absolute Gasteiger partial charge is 0.251 e. The zero-order valence-corrected chi connectivity index (χ0v) is 15.9. The molecule has 7 heteroatoms. The van der Waals surface area contributed by atoms with Crippen LogP contribution in [-0.4, -0.2) is 26.8 Å². The van der Waals surface area contributed by atoms with Crippen molar-refractivity contribution in [3.63, 3.8) is 0 Å². The van der Waals surface area contributed by atoms with Gasteiger partial charge in [0.1, 0.15) is 11.5 Å². The summed E-state index contributed by atoms with van der Waals surface area (Å²) in [5, 5.41) is 6.88. The molecule has 0 aliphatic rings. The number of nitrogens with zero attached hydrogens (tertiary/aromatic N) is 3. The van der Waals surface area contributed by atoms with Crippen LogP contribution in [0.15, 0.2) is 67.1 Å². The van der Waals surface area contributed by atoms with Gasteiger partial charge in [0.25, 0.3) is 5.91 Å². The topological polar surface area (TPSA) is 71.3 Å². The summed E-state index contributed by atoms with van der Waals surface area (Å²) in [5.41, 5.74) is 3.93. The number of amides is 1. The Morgan fingerprint density at radius 2 is 1.86 bits per heavy atom. The molecule has 2 heterocycles. The van der Waals surface area contributed by atoms with Gasteiger partial charge in [-0.15, -0.1) is 0 Å². The average molecular weight is 392 g/mol. The van der Waals surface area contributed by atoms with E-state index in [4.69, 9.17) is 16.6 Å². The minimum Gasteiger partial charge on any atom is -0.352 e. The van der Waals surface area contributed by atoms with E-state index in [1.54, 1.807) is 24.5 Å². The van der Waals surface area contributed by atoms with Gasteiger partial charge in [-0.2, -0.15) is 0 Å². The zero-order chi connectivity index (χ0) is 19.5. The number of nitrogens with one attached hydrogen (secondary N) is 2. The fourth-order valence-corrected chi connectivity index (χ4v) is 3.07. The van der Waals surface area contributed by atoms with E-state index in [0.717, 1.165) is 28.4 Å². The van der Waals surface area contributed by atoms with Crippen LogP contribution < -0.4 is 10.6 Å². The number of hydrogen-bond acceptors (Lipinski definition) is 4. The summed E-state index contributed by atoms with van der Waals surface area (Å²) in [5.74, 6) is 0.724. The summed E-state index contributed by atoms with van der Waals surface area (Å²) >= 11 is 6.03. The zero-order valence-electron chi connectivity index (χ0n) is 15.2. The molecule has 0 saturated carbocycles. The maximum Gasteiger partial charge on any atom is 0.251 e. The Balaban J connectivity index is 1.72. The van der Waals surface area contributed by atoms with Gasteiger partial charge in [-0.3, -0.25) is 14.2 Å². The van der Waals surface area contributed by atoms with Gasteiger partial charge in [-0.05, 0) is 43.3 Å². The summed E-state index contributed by atoms with van der Waals surface area (Å²) < 4.78 is 1.94. The lowest BCUT2D eigenvalue weighted by molar-refractivity contribution is 0.0956. The molecule has 4 rings (SSSR count). The number of hydrogen-bond donors (Lipinski definition) is 2. The molecule has 1 amide bonds. The van der Waals surface area contributed by atoms with Crippen LogP contribution in [0.3, 0.4) is 0 Å². The second kappa shape index (κ2) is 7.70. The highest BCUT2D eigenvalue weighted by Gasteiger charge is 2.15. The third kappa shape index (κ3) is 3.54. The van der Waals surface area contributed by atoms with E-state index in [2.05, 4.69) is 15.6 Å². The SMILES string of the molecule is CCNC(=O)c1ccc(Nc2c(-c3ccc(Cl)cc3)nc3cnccn23)cc1. The molecular weight excluding hydrogens is 374 g/mol. The van der Waals surface area contributed by atoms with E-state index < -0.39 is 0 Å². The first-order chi connectivity index (χ1) is 13.7. The Hall–Kier alpha value is -3.38. The van der Waals surface area contributed by atoms with Gasteiger partial charge in [-0.1, -0.05) is 23.7 Å². The largest absolute Gasteiger partial charge is 0.352 e. The van der Waals surface area contributed by atoms with E-state index in [-0.39, 0.29) is 5.91 Å². The van der Waals surface area contributed by atoms with Crippen molar-refractivity contribution < 1.29 is 4.79 Å². The van der Waals surface area contributed by atoms with Crippen molar-refractivity contribution in [3.05, 3.63) is 77.7 Å². The predicted octanol–water partition coefficient (Wildman–Crippen LogP) is 4.54.